The number of aliphatic hydroxyl groups excluding tert-OH is 1. The molecule has 1 saturated carbocycles. The number of amides is 4. The summed E-state index contributed by atoms with van der Waals surface area (Å²) in [6.07, 6.45) is 4.03. The van der Waals surface area contributed by atoms with Crippen molar-refractivity contribution in [2.24, 2.45) is 17.6 Å². The quantitative estimate of drug-likeness (QED) is 0.198. The van der Waals surface area contributed by atoms with Gasteiger partial charge in [0.05, 0.1) is 30.1 Å². The van der Waals surface area contributed by atoms with Crippen LogP contribution in [0.1, 0.15) is 75.3 Å². The van der Waals surface area contributed by atoms with E-state index in [1.807, 2.05) is 69.3 Å². The van der Waals surface area contributed by atoms with Crippen LogP contribution in [-0.4, -0.2) is 81.5 Å². The van der Waals surface area contributed by atoms with E-state index in [1.165, 1.54) is 6.42 Å². The molecule has 5 rings (SSSR count). The summed E-state index contributed by atoms with van der Waals surface area (Å²) in [5, 5.41) is 21.4. The molecule has 11 heteroatoms. The van der Waals surface area contributed by atoms with Crippen molar-refractivity contribution in [1.82, 2.24) is 25.8 Å². The van der Waals surface area contributed by atoms with Crippen molar-refractivity contribution in [3.8, 4) is 0 Å². The Morgan fingerprint density at radius 1 is 0.939 bits per heavy atom. The lowest BCUT2D eigenvalue weighted by Gasteiger charge is -2.47. The van der Waals surface area contributed by atoms with Gasteiger partial charge in [0.15, 0.2) is 0 Å². The van der Waals surface area contributed by atoms with Gasteiger partial charge in [0.2, 0.25) is 17.7 Å². The number of para-hydroxylation sites is 1. The molecule has 1 saturated heterocycles. The molecule has 0 spiro atoms. The SMILES string of the molecule is CC(C)(C)NC(=O)[C@@H]1C[C@@H]2CCCC[C@@H]2CN1CC(O)[C@H](Cc1ccccc1)NC(=O)[C@H](CC(N)=O)NC(=O)c1ccc2ccccc2n1. The summed E-state index contributed by atoms with van der Waals surface area (Å²) in [5.41, 5.74) is 6.70. The lowest BCUT2D eigenvalue weighted by Crippen LogP contribution is -2.61. The fourth-order valence-corrected chi connectivity index (χ4v) is 7.26. The number of aliphatic hydroxyl groups is 1. The van der Waals surface area contributed by atoms with Crippen LogP contribution in [0.3, 0.4) is 0 Å². The largest absolute Gasteiger partial charge is 0.390 e. The Labute approximate surface area is 288 Å². The Morgan fingerprint density at radius 3 is 2.35 bits per heavy atom. The van der Waals surface area contributed by atoms with E-state index in [0.29, 0.717) is 23.9 Å². The lowest BCUT2D eigenvalue weighted by molar-refractivity contribution is -0.133. The zero-order valence-corrected chi connectivity index (χ0v) is 28.7. The van der Waals surface area contributed by atoms with Crippen molar-refractivity contribution in [3.05, 3.63) is 78.0 Å². The molecule has 1 unspecified atom stereocenters. The van der Waals surface area contributed by atoms with Crippen molar-refractivity contribution in [3.63, 3.8) is 0 Å². The number of primary amides is 1. The number of fused-ring (bicyclic) bond motifs is 2. The Kier molecular flexibility index (Phi) is 11.7. The molecular weight excluding hydrogens is 620 g/mol. The van der Waals surface area contributed by atoms with Crippen LogP contribution in [0, 0.1) is 11.8 Å². The minimum absolute atomic E-state index is 0.0566. The van der Waals surface area contributed by atoms with Crippen molar-refractivity contribution in [2.45, 2.75) is 95.5 Å². The van der Waals surface area contributed by atoms with E-state index in [4.69, 9.17) is 5.73 Å². The molecule has 1 aromatic heterocycles. The van der Waals surface area contributed by atoms with Crippen molar-refractivity contribution >= 4 is 34.5 Å². The van der Waals surface area contributed by atoms with Crippen LogP contribution in [0.15, 0.2) is 66.7 Å². The third-order valence-electron chi connectivity index (χ3n) is 9.67. The van der Waals surface area contributed by atoms with E-state index in [0.717, 1.165) is 36.6 Å². The number of hydrogen-bond acceptors (Lipinski definition) is 7. The van der Waals surface area contributed by atoms with Crippen molar-refractivity contribution in [2.75, 3.05) is 13.1 Å². The van der Waals surface area contributed by atoms with Gasteiger partial charge in [-0.05, 0) is 69.6 Å². The monoisotopic (exact) mass is 670 g/mol. The van der Waals surface area contributed by atoms with Gasteiger partial charge in [-0.1, -0.05) is 73.9 Å². The average Bonchev–Trinajstić information content (AvgIpc) is 3.06. The van der Waals surface area contributed by atoms with E-state index in [1.54, 1.807) is 18.2 Å². The first-order valence-corrected chi connectivity index (χ1v) is 17.4. The number of piperidine rings is 1. The number of rotatable bonds is 12. The van der Waals surface area contributed by atoms with Gasteiger partial charge in [-0.2, -0.15) is 0 Å². The standard InChI is InChI=1S/C38H50N6O5/c1-38(2,3)43-37(49)32-20-26-14-7-8-15-27(26)22-44(32)23-33(45)30(19-24-11-5-4-6-12-24)41-36(48)31(21-34(39)46)42-35(47)29-18-17-25-13-9-10-16-28(25)40-29/h4-6,9-13,16-18,26-27,30-33,45H,7-8,14-15,19-23H2,1-3H3,(H2,39,46)(H,41,48)(H,42,47)(H,43,49)/t26-,27+,30-,31-,32-,33?/m0/s1. The van der Waals surface area contributed by atoms with Gasteiger partial charge in [-0.3, -0.25) is 24.1 Å². The molecule has 2 aliphatic rings. The van der Waals surface area contributed by atoms with Crippen LogP contribution in [0.25, 0.3) is 10.9 Å². The molecule has 262 valence electrons. The molecule has 6 N–H and O–H groups in total. The van der Waals surface area contributed by atoms with Crippen molar-refractivity contribution < 1.29 is 24.3 Å². The first kappa shape index (κ1) is 35.9. The number of carbonyl (C=O) groups excluding carboxylic acids is 4. The summed E-state index contributed by atoms with van der Waals surface area (Å²) >= 11 is 0. The minimum Gasteiger partial charge on any atom is -0.390 e. The average molecular weight is 671 g/mol. The number of carbonyl (C=O) groups is 4. The van der Waals surface area contributed by atoms with E-state index < -0.39 is 53.9 Å². The number of likely N-dealkylation sites (tertiary alicyclic amines) is 1. The van der Waals surface area contributed by atoms with Gasteiger partial charge in [-0.15, -0.1) is 0 Å². The Bertz CT molecular complexity index is 1630. The minimum atomic E-state index is -1.30. The predicted molar refractivity (Wildman–Crippen MR) is 188 cm³/mol. The molecule has 1 aliphatic heterocycles. The number of aromatic nitrogens is 1. The Hall–Kier alpha value is -4.35. The van der Waals surface area contributed by atoms with Gasteiger partial charge in [0.1, 0.15) is 11.7 Å². The molecule has 1 aliphatic carbocycles. The zero-order valence-electron chi connectivity index (χ0n) is 28.7. The summed E-state index contributed by atoms with van der Waals surface area (Å²) in [7, 11) is 0. The number of nitrogens with one attached hydrogen (secondary N) is 3. The third-order valence-corrected chi connectivity index (χ3v) is 9.67. The third kappa shape index (κ3) is 9.86. The van der Waals surface area contributed by atoms with Gasteiger partial charge in [-0.25, -0.2) is 4.98 Å². The van der Waals surface area contributed by atoms with Crippen molar-refractivity contribution in [1.29, 1.82) is 0 Å². The first-order valence-electron chi connectivity index (χ1n) is 17.4. The summed E-state index contributed by atoms with van der Waals surface area (Å²) in [5.74, 6) is -1.20. The number of hydrogen-bond donors (Lipinski definition) is 5. The summed E-state index contributed by atoms with van der Waals surface area (Å²) in [6.45, 7) is 6.73. The van der Waals surface area contributed by atoms with Crippen LogP contribution < -0.4 is 21.7 Å². The number of nitrogens with zero attached hydrogens (tertiary/aromatic N) is 2. The summed E-state index contributed by atoms with van der Waals surface area (Å²) in [6, 6.07) is 17.6. The van der Waals surface area contributed by atoms with E-state index in [9.17, 15) is 24.3 Å². The van der Waals surface area contributed by atoms with Crippen LogP contribution in [0.2, 0.25) is 0 Å². The summed E-state index contributed by atoms with van der Waals surface area (Å²) in [4.78, 5) is 59.3. The number of pyridine rings is 1. The smallest absolute Gasteiger partial charge is 0.270 e. The molecule has 11 nitrogen and oxygen atoms in total. The molecule has 0 radical (unpaired) electrons. The maximum Gasteiger partial charge on any atom is 0.270 e. The molecule has 2 aromatic carbocycles. The van der Waals surface area contributed by atoms with E-state index in [-0.39, 0.29) is 24.6 Å². The van der Waals surface area contributed by atoms with Gasteiger partial charge < -0.3 is 26.8 Å². The highest BCUT2D eigenvalue weighted by Gasteiger charge is 2.42. The molecule has 2 heterocycles. The molecule has 3 aromatic rings. The fourth-order valence-electron chi connectivity index (χ4n) is 7.26. The molecular formula is C38H50N6O5. The van der Waals surface area contributed by atoms with Crippen LogP contribution in [0.5, 0.6) is 0 Å². The number of benzene rings is 2. The zero-order chi connectivity index (χ0) is 35.1. The topological polar surface area (TPSA) is 167 Å². The number of nitrogens with two attached hydrogens (primary N) is 1. The Balaban J connectivity index is 1.35. The molecule has 4 amide bonds. The second-order valence-electron chi connectivity index (χ2n) is 14.7. The second-order valence-corrected chi connectivity index (χ2v) is 14.7. The highest BCUT2D eigenvalue weighted by molar-refractivity contribution is 5.99. The van der Waals surface area contributed by atoms with Crippen LogP contribution in [-0.2, 0) is 20.8 Å². The normalized spacial score (nSPS) is 21.5. The van der Waals surface area contributed by atoms with Crippen LogP contribution >= 0.6 is 0 Å². The maximum atomic E-state index is 13.8. The highest BCUT2D eigenvalue weighted by Crippen LogP contribution is 2.39. The summed E-state index contributed by atoms with van der Waals surface area (Å²) < 4.78 is 0. The number of β-amino-alcohol motifs (C(OH)–C–C–N with tert-alkyl or cyclic N) is 1. The molecule has 6 atom stereocenters. The Morgan fingerprint density at radius 2 is 1.63 bits per heavy atom. The maximum absolute atomic E-state index is 13.8. The molecule has 49 heavy (non-hydrogen) atoms. The van der Waals surface area contributed by atoms with E-state index in [2.05, 4.69) is 25.8 Å². The predicted octanol–water partition coefficient (Wildman–Crippen LogP) is 3.09. The molecule has 0 bridgehead atoms. The second kappa shape index (κ2) is 15.9. The van der Waals surface area contributed by atoms with E-state index >= 15 is 0 Å². The van der Waals surface area contributed by atoms with Gasteiger partial charge in [0.25, 0.3) is 5.91 Å². The van der Waals surface area contributed by atoms with Gasteiger partial charge >= 0.3 is 0 Å². The highest BCUT2D eigenvalue weighted by atomic mass is 16.3. The molecule has 2 fully saturated rings. The lowest BCUT2D eigenvalue weighted by atomic mass is 9.72. The van der Waals surface area contributed by atoms with Crippen LogP contribution in [0.4, 0.5) is 0 Å². The van der Waals surface area contributed by atoms with Gasteiger partial charge in [0, 0.05) is 24.0 Å². The fraction of sp³-hybridized carbons (Fsp3) is 0.500. The first-order chi connectivity index (χ1) is 23.4.